The van der Waals surface area contributed by atoms with Gasteiger partial charge in [-0.25, -0.2) is 0 Å². The molecule has 0 bridgehead atoms. The molecule has 37 heavy (non-hydrogen) atoms. The van der Waals surface area contributed by atoms with Gasteiger partial charge in [-0.15, -0.1) is 0 Å². The Morgan fingerprint density at radius 3 is 1.73 bits per heavy atom. The van der Waals surface area contributed by atoms with Gasteiger partial charge >= 0.3 is 23.9 Å². The van der Waals surface area contributed by atoms with Crippen molar-refractivity contribution in [1.29, 1.82) is 0 Å². The van der Waals surface area contributed by atoms with E-state index in [0.29, 0.717) is 5.56 Å². The Labute approximate surface area is 220 Å². The third kappa shape index (κ3) is 10.5. The van der Waals surface area contributed by atoms with E-state index in [9.17, 15) is 19.2 Å². The molecule has 1 aromatic carbocycles. The summed E-state index contributed by atoms with van der Waals surface area (Å²) in [6, 6.07) is 3.69. The van der Waals surface area contributed by atoms with Gasteiger partial charge in [0.05, 0.1) is 17.8 Å². The molecule has 0 spiro atoms. The van der Waals surface area contributed by atoms with Gasteiger partial charge in [0.2, 0.25) is 0 Å². The number of carbonyl (C=O) groups is 4. The molecule has 2 N–H and O–H groups in total. The van der Waals surface area contributed by atoms with Crippen LogP contribution in [0.3, 0.4) is 0 Å². The van der Waals surface area contributed by atoms with Crippen LogP contribution in [0.1, 0.15) is 67.9 Å². The average molecular weight is 522 g/mol. The fraction of sp³-hybridized carbons (Fsp3) is 0.643. The largest absolute Gasteiger partial charge is 0.462 e. The molecule has 0 aliphatic heterocycles. The molecule has 208 valence electrons. The molecule has 0 fully saturated rings. The zero-order valence-electron chi connectivity index (χ0n) is 23.5. The van der Waals surface area contributed by atoms with E-state index >= 15 is 0 Å². The van der Waals surface area contributed by atoms with Crippen molar-refractivity contribution in [2.45, 2.75) is 80.9 Å². The van der Waals surface area contributed by atoms with Crippen LogP contribution in [0.2, 0.25) is 0 Å². The quantitative estimate of drug-likeness (QED) is 0.301. The summed E-state index contributed by atoms with van der Waals surface area (Å²) in [5, 5.41) is 0. The lowest BCUT2D eigenvalue weighted by Gasteiger charge is -2.20. The molecule has 4 atom stereocenters. The number of rotatable bonds is 13. The van der Waals surface area contributed by atoms with Crippen molar-refractivity contribution in [1.82, 2.24) is 0 Å². The molecule has 1 aromatic rings. The molecule has 0 radical (unpaired) electrons. The first-order chi connectivity index (χ1) is 17.1. The first-order valence-corrected chi connectivity index (χ1v) is 12.8. The fourth-order valence-electron chi connectivity index (χ4n) is 2.81. The predicted octanol–water partition coefficient (Wildman–Crippen LogP) is 4.08. The zero-order chi connectivity index (χ0) is 28.4. The highest BCUT2D eigenvalue weighted by Gasteiger charge is 2.25. The lowest BCUT2D eigenvalue weighted by Crippen LogP contribution is -2.37. The summed E-state index contributed by atoms with van der Waals surface area (Å²) in [5.74, 6) is -2.67. The molecule has 9 heteroatoms. The Hall–Kier alpha value is -2.94. The van der Waals surface area contributed by atoms with Crippen LogP contribution in [-0.2, 0) is 35.1 Å². The minimum absolute atomic E-state index is 0.0487. The molecule has 0 aromatic heterocycles. The molecule has 0 saturated carbocycles. The van der Waals surface area contributed by atoms with Gasteiger partial charge in [0, 0.05) is 0 Å². The van der Waals surface area contributed by atoms with Crippen molar-refractivity contribution in [3.63, 3.8) is 0 Å². The number of carbonyl (C=O) groups excluding carboxylic acids is 4. The Morgan fingerprint density at radius 1 is 0.730 bits per heavy atom. The number of hydrogen-bond donors (Lipinski definition) is 1. The monoisotopic (exact) mass is 521 g/mol. The van der Waals surface area contributed by atoms with Crippen LogP contribution >= 0.6 is 0 Å². The molecule has 1 rings (SSSR count). The third-order valence-electron chi connectivity index (χ3n) is 6.18. The van der Waals surface area contributed by atoms with Crippen molar-refractivity contribution >= 4 is 23.9 Å². The summed E-state index contributed by atoms with van der Waals surface area (Å²) in [7, 11) is 0. The molecule has 0 aliphatic rings. The minimum atomic E-state index is -1.02. The van der Waals surface area contributed by atoms with Crippen LogP contribution in [0.15, 0.2) is 18.2 Å². The van der Waals surface area contributed by atoms with E-state index in [-0.39, 0.29) is 60.1 Å². The van der Waals surface area contributed by atoms with Gasteiger partial charge in [0.15, 0.2) is 11.5 Å². The highest BCUT2D eigenvalue weighted by atomic mass is 16.6. The number of benzene rings is 1. The molecule has 0 aliphatic carbocycles. The van der Waals surface area contributed by atoms with E-state index < -0.39 is 30.1 Å². The standard InChI is InChI=1S/C28H43NO8/c1-15(2)19(8)26(31)36-23-11-10-21(13-24(23)37-27(32)20(9)16(3)4)12-22(29)28(33)35-18(7)14-34-25(30)17(5)6/h10-11,13,15-20,22H,12,14,29H2,1-9H3/t18-,19?,20?,22-/m0/s1. The Morgan fingerprint density at radius 2 is 1.24 bits per heavy atom. The normalized spacial score (nSPS) is 14.6. The molecule has 2 unspecified atom stereocenters. The zero-order valence-corrected chi connectivity index (χ0v) is 23.5. The minimum Gasteiger partial charge on any atom is -0.462 e. The maximum atomic E-state index is 12.7. The van der Waals surface area contributed by atoms with Crippen LogP contribution in [0.4, 0.5) is 0 Å². The van der Waals surface area contributed by atoms with Crippen molar-refractivity contribution in [2.24, 2.45) is 35.3 Å². The van der Waals surface area contributed by atoms with E-state index in [2.05, 4.69) is 0 Å². The maximum absolute atomic E-state index is 12.7. The lowest BCUT2D eigenvalue weighted by molar-refractivity contribution is -0.160. The van der Waals surface area contributed by atoms with Gasteiger partial charge in [-0.3, -0.25) is 19.2 Å². The summed E-state index contributed by atoms with van der Waals surface area (Å²) < 4.78 is 21.5. The van der Waals surface area contributed by atoms with E-state index in [1.54, 1.807) is 40.7 Å². The van der Waals surface area contributed by atoms with E-state index in [0.717, 1.165) is 0 Å². The highest BCUT2D eigenvalue weighted by Crippen LogP contribution is 2.31. The Balaban J connectivity index is 3.01. The van der Waals surface area contributed by atoms with Gasteiger partial charge in [0.25, 0.3) is 0 Å². The number of esters is 4. The van der Waals surface area contributed by atoms with Crippen LogP contribution in [0.5, 0.6) is 11.5 Å². The van der Waals surface area contributed by atoms with Gasteiger partial charge in [-0.05, 0) is 42.9 Å². The third-order valence-corrected chi connectivity index (χ3v) is 6.18. The fourth-order valence-corrected chi connectivity index (χ4v) is 2.81. The van der Waals surface area contributed by atoms with Crippen LogP contribution < -0.4 is 15.2 Å². The molecule has 0 amide bonds. The van der Waals surface area contributed by atoms with Crippen LogP contribution in [0, 0.1) is 29.6 Å². The summed E-state index contributed by atoms with van der Waals surface area (Å²) >= 11 is 0. The molecular weight excluding hydrogens is 478 g/mol. The van der Waals surface area contributed by atoms with Crippen molar-refractivity contribution in [3.05, 3.63) is 23.8 Å². The van der Waals surface area contributed by atoms with Crippen LogP contribution in [0.25, 0.3) is 0 Å². The number of hydrogen-bond acceptors (Lipinski definition) is 9. The summed E-state index contributed by atoms with van der Waals surface area (Å²) in [4.78, 5) is 49.3. The maximum Gasteiger partial charge on any atom is 0.323 e. The predicted molar refractivity (Wildman–Crippen MR) is 139 cm³/mol. The van der Waals surface area contributed by atoms with E-state index in [4.69, 9.17) is 24.7 Å². The first kappa shape index (κ1) is 32.1. The lowest BCUT2D eigenvalue weighted by atomic mass is 9.98. The van der Waals surface area contributed by atoms with Gasteiger partial charge in [0.1, 0.15) is 18.8 Å². The van der Waals surface area contributed by atoms with Gasteiger partial charge in [-0.2, -0.15) is 0 Å². The van der Waals surface area contributed by atoms with Crippen molar-refractivity contribution < 1.29 is 38.1 Å². The summed E-state index contributed by atoms with van der Waals surface area (Å²) in [6.45, 7) is 16.1. The summed E-state index contributed by atoms with van der Waals surface area (Å²) in [6.07, 6.45) is -0.585. The number of ether oxygens (including phenoxy) is 4. The SMILES string of the molecule is CC(C)C(=O)OC[C@H](C)OC(=O)[C@@H](N)Cc1ccc(OC(=O)C(C)C(C)C)c(OC(=O)C(C)C(C)C)c1. The van der Waals surface area contributed by atoms with E-state index in [1.165, 1.54) is 12.1 Å². The number of nitrogens with two attached hydrogens (primary N) is 1. The second-order valence-electron chi connectivity index (χ2n) is 10.5. The van der Waals surface area contributed by atoms with Crippen molar-refractivity contribution in [2.75, 3.05) is 6.61 Å². The molecule has 9 nitrogen and oxygen atoms in total. The molecule has 0 saturated heterocycles. The average Bonchev–Trinajstić information content (AvgIpc) is 2.82. The topological polar surface area (TPSA) is 131 Å². The molecular formula is C28H43NO8. The van der Waals surface area contributed by atoms with E-state index in [1.807, 2.05) is 27.7 Å². The van der Waals surface area contributed by atoms with Gasteiger partial charge in [-0.1, -0.05) is 61.5 Å². The first-order valence-electron chi connectivity index (χ1n) is 12.8. The Kier molecular flexibility index (Phi) is 12.8. The van der Waals surface area contributed by atoms with Crippen molar-refractivity contribution in [3.8, 4) is 11.5 Å². The van der Waals surface area contributed by atoms with Gasteiger partial charge < -0.3 is 24.7 Å². The van der Waals surface area contributed by atoms with Crippen LogP contribution in [-0.4, -0.2) is 42.6 Å². The molecule has 0 heterocycles. The second kappa shape index (κ2) is 14.7. The second-order valence-corrected chi connectivity index (χ2v) is 10.5. The summed E-state index contributed by atoms with van der Waals surface area (Å²) in [5.41, 5.74) is 6.64. The smallest absolute Gasteiger partial charge is 0.323 e. The Bertz CT molecular complexity index is 940. The highest BCUT2D eigenvalue weighted by molar-refractivity contribution is 5.79.